The fourth-order valence-corrected chi connectivity index (χ4v) is 3.69. The third-order valence-corrected chi connectivity index (χ3v) is 5.12. The van der Waals surface area contributed by atoms with Gasteiger partial charge in [-0.15, -0.1) is 0 Å². The van der Waals surface area contributed by atoms with E-state index in [0.29, 0.717) is 11.8 Å². The van der Waals surface area contributed by atoms with Crippen LogP contribution in [0.15, 0.2) is 24.3 Å². The molecule has 0 bridgehead atoms. The van der Waals surface area contributed by atoms with E-state index < -0.39 is 0 Å². The molecule has 2 aliphatic carbocycles. The van der Waals surface area contributed by atoms with Gasteiger partial charge in [0.05, 0.1) is 12.7 Å². The summed E-state index contributed by atoms with van der Waals surface area (Å²) in [7, 11) is 0. The summed E-state index contributed by atoms with van der Waals surface area (Å²) in [5, 5.41) is 19.4. The summed E-state index contributed by atoms with van der Waals surface area (Å²) in [5.74, 6) is 0.799. The molecule has 0 heterocycles. The van der Waals surface area contributed by atoms with E-state index in [9.17, 15) is 10.2 Å². The van der Waals surface area contributed by atoms with Gasteiger partial charge in [0, 0.05) is 5.41 Å². The molecular formula is C15H24O2. The summed E-state index contributed by atoms with van der Waals surface area (Å²) in [6.07, 6.45) is 4.67. The molecule has 0 radical (unpaired) electrons. The Morgan fingerprint density at radius 3 is 2.82 bits per heavy atom. The van der Waals surface area contributed by atoms with E-state index in [1.54, 1.807) is 0 Å². The van der Waals surface area contributed by atoms with E-state index in [4.69, 9.17) is 0 Å². The summed E-state index contributed by atoms with van der Waals surface area (Å²) in [5.41, 5.74) is 2.23. The zero-order chi connectivity index (χ0) is 12.6. The molecule has 2 nitrogen and oxygen atoms in total. The summed E-state index contributed by atoms with van der Waals surface area (Å²) in [6, 6.07) is 0. The third kappa shape index (κ3) is 2.09. The van der Waals surface area contributed by atoms with Gasteiger partial charge in [-0.1, -0.05) is 25.7 Å². The van der Waals surface area contributed by atoms with Crippen molar-refractivity contribution in [1.82, 2.24) is 0 Å². The molecule has 2 heteroatoms. The summed E-state index contributed by atoms with van der Waals surface area (Å²) in [4.78, 5) is 0. The van der Waals surface area contributed by atoms with Crippen molar-refractivity contribution >= 4 is 0 Å². The van der Waals surface area contributed by atoms with E-state index in [0.717, 1.165) is 37.7 Å². The number of aliphatic hydroxyl groups is 2. The van der Waals surface area contributed by atoms with Crippen molar-refractivity contribution < 1.29 is 10.2 Å². The van der Waals surface area contributed by atoms with Gasteiger partial charge >= 0.3 is 0 Å². The number of allylic oxidation sites excluding steroid dienone is 1. The maximum absolute atomic E-state index is 10.3. The fourth-order valence-electron chi connectivity index (χ4n) is 3.69. The van der Waals surface area contributed by atoms with Gasteiger partial charge in [0.2, 0.25) is 0 Å². The van der Waals surface area contributed by atoms with Gasteiger partial charge in [0.25, 0.3) is 0 Å². The molecule has 0 aromatic carbocycles. The second-order valence-corrected chi connectivity index (χ2v) is 6.06. The van der Waals surface area contributed by atoms with Gasteiger partial charge in [-0.3, -0.25) is 0 Å². The Bertz CT molecular complexity index is 334. The Balaban J connectivity index is 2.17. The van der Waals surface area contributed by atoms with Crippen LogP contribution in [-0.4, -0.2) is 22.9 Å². The number of aliphatic hydroxyl groups excluding tert-OH is 2. The van der Waals surface area contributed by atoms with Crippen molar-refractivity contribution in [2.45, 2.75) is 45.1 Å². The minimum absolute atomic E-state index is 0.00156. The summed E-state index contributed by atoms with van der Waals surface area (Å²) >= 11 is 0. The quantitative estimate of drug-likeness (QED) is 0.724. The van der Waals surface area contributed by atoms with E-state index in [2.05, 4.69) is 20.1 Å². The molecule has 2 N–H and O–H groups in total. The van der Waals surface area contributed by atoms with Crippen LogP contribution in [0.5, 0.6) is 0 Å². The Labute approximate surface area is 104 Å². The Morgan fingerprint density at radius 2 is 2.18 bits per heavy atom. The average Bonchev–Trinajstić information content (AvgIpc) is 2.33. The highest BCUT2D eigenvalue weighted by atomic mass is 16.3. The lowest BCUT2D eigenvalue weighted by Gasteiger charge is -2.51. The van der Waals surface area contributed by atoms with E-state index >= 15 is 0 Å². The second-order valence-electron chi connectivity index (χ2n) is 6.06. The topological polar surface area (TPSA) is 40.5 Å². The van der Waals surface area contributed by atoms with Crippen molar-refractivity contribution in [1.29, 1.82) is 0 Å². The normalized spacial score (nSPS) is 42.1. The van der Waals surface area contributed by atoms with Crippen molar-refractivity contribution in [3.8, 4) is 0 Å². The minimum Gasteiger partial charge on any atom is -0.393 e. The molecule has 0 unspecified atom stereocenters. The Morgan fingerprint density at radius 1 is 1.47 bits per heavy atom. The van der Waals surface area contributed by atoms with Crippen LogP contribution in [0.25, 0.3) is 0 Å². The van der Waals surface area contributed by atoms with Crippen LogP contribution in [0.2, 0.25) is 0 Å². The van der Waals surface area contributed by atoms with Gasteiger partial charge in [-0.25, -0.2) is 0 Å². The molecule has 0 aliphatic heterocycles. The molecule has 96 valence electrons. The predicted octanol–water partition coefficient (Wildman–Crippen LogP) is 2.67. The molecular weight excluding hydrogens is 212 g/mol. The van der Waals surface area contributed by atoms with Crippen molar-refractivity contribution in [2.75, 3.05) is 6.61 Å². The molecule has 0 saturated heterocycles. The Hall–Kier alpha value is -0.600. The highest BCUT2D eigenvalue weighted by molar-refractivity contribution is 5.18. The van der Waals surface area contributed by atoms with Gasteiger partial charge in [-0.2, -0.15) is 0 Å². The maximum Gasteiger partial charge on any atom is 0.0641 e. The third-order valence-electron chi connectivity index (χ3n) is 5.12. The lowest BCUT2D eigenvalue weighted by molar-refractivity contribution is -0.0512. The fraction of sp³-hybridized carbons (Fsp3) is 0.733. The number of hydrogen-bond donors (Lipinski definition) is 2. The number of rotatable bonds is 2. The first-order valence-corrected chi connectivity index (χ1v) is 6.63. The first-order valence-electron chi connectivity index (χ1n) is 6.63. The van der Waals surface area contributed by atoms with Gasteiger partial charge < -0.3 is 10.2 Å². The summed E-state index contributed by atoms with van der Waals surface area (Å²) < 4.78 is 0. The first-order chi connectivity index (χ1) is 7.99. The maximum atomic E-state index is 10.3. The molecule has 2 fully saturated rings. The van der Waals surface area contributed by atoms with E-state index in [-0.39, 0.29) is 18.1 Å². The predicted molar refractivity (Wildman–Crippen MR) is 69.5 cm³/mol. The molecule has 0 aromatic heterocycles. The lowest BCUT2D eigenvalue weighted by atomic mass is 9.55. The minimum atomic E-state index is -0.193. The van der Waals surface area contributed by atoms with E-state index in [1.165, 1.54) is 5.57 Å². The molecule has 2 rings (SSSR count). The molecule has 0 amide bonds. The highest BCUT2D eigenvalue weighted by Gasteiger charge is 2.48. The molecule has 0 aromatic rings. The first kappa shape index (κ1) is 12.8. The number of fused-ring (bicyclic) bond motifs is 1. The average molecular weight is 236 g/mol. The number of hydrogen-bond acceptors (Lipinski definition) is 2. The van der Waals surface area contributed by atoms with Crippen LogP contribution < -0.4 is 0 Å². The van der Waals surface area contributed by atoms with Crippen LogP contribution in [-0.2, 0) is 0 Å². The SMILES string of the molecule is C=C(CO)[C@@H]1CC[C@@]2(C)[C@H](O)CCC(=C)[C@@H]2C1. The van der Waals surface area contributed by atoms with Crippen LogP contribution in [0.3, 0.4) is 0 Å². The summed E-state index contributed by atoms with van der Waals surface area (Å²) in [6.45, 7) is 10.4. The Kier molecular flexibility index (Phi) is 3.46. The molecule has 4 atom stereocenters. The van der Waals surface area contributed by atoms with Crippen molar-refractivity contribution in [3.63, 3.8) is 0 Å². The van der Waals surface area contributed by atoms with Gasteiger partial charge in [0.1, 0.15) is 0 Å². The van der Waals surface area contributed by atoms with Crippen LogP contribution >= 0.6 is 0 Å². The van der Waals surface area contributed by atoms with Crippen molar-refractivity contribution in [3.05, 3.63) is 24.3 Å². The highest BCUT2D eigenvalue weighted by Crippen LogP contribution is 2.54. The molecule has 0 spiro atoms. The monoisotopic (exact) mass is 236 g/mol. The molecule has 2 aliphatic rings. The molecule has 2 saturated carbocycles. The second kappa shape index (κ2) is 4.58. The van der Waals surface area contributed by atoms with Crippen molar-refractivity contribution in [2.24, 2.45) is 17.3 Å². The van der Waals surface area contributed by atoms with Crippen LogP contribution in [0.4, 0.5) is 0 Å². The van der Waals surface area contributed by atoms with Crippen LogP contribution in [0.1, 0.15) is 39.0 Å². The van der Waals surface area contributed by atoms with E-state index in [1.807, 2.05) is 0 Å². The lowest BCUT2D eigenvalue weighted by Crippen LogP contribution is -2.47. The van der Waals surface area contributed by atoms with Gasteiger partial charge in [-0.05, 0) is 49.5 Å². The standard InChI is InChI=1S/C15H24O2/c1-10-4-5-14(17)15(3)7-6-12(8-13(10)15)11(2)9-16/h12-14,16-17H,1-2,4-9H2,3H3/t12-,13+,14-,15-/m1/s1. The van der Waals surface area contributed by atoms with Gasteiger partial charge in [0.15, 0.2) is 0 Å². The largest absolute Gasteiger partial charge is 0.393 e. The smallest absolute Gasteiger partial charge is 0.0641 e. The zero-order valence-electron chi connectivity index (χ0n) is 10.8. The van der Waals surface area contributed by atoms with Crippen LogP contribution in [0, 0.1) is 17.3 Å². The molecule has 17 heavy (non-hydrogen) atoms. The zero-order valence-corrected chi connectivity index (χ0v) is 10.8.